The predicted molar refractivity (Wildman–Crippen MR) is 127 cm³/mol. The lowest BCUT2D eigenvalue weighted by Crippen LogP contribution is -2.41. The lowest BCUT2D eigenvalue weighted by Gasteiger charge is -2.25. The summed E-state index contributed by atoms with van der Waals surface area (Å²) in [6, 6.07) is 16.1. The zero-order valence-electron chi connectivity index (χ0n) is 18.7. The van der Waals surface area contributed by atoms with Crippen LogP contribution in [0.1, 0.15) is 30.4 Å². The third-order valence-electron chi connectivity index (χ3n) is 6.49. The number of nitrogens with one attached hydrogen (secondary N) is 2. The van der Waals surface area contributed by atoms with E-state index in [4.69, 9.17) is 4.74 Å². The lowest BCUT2D eigenvalue weighted by atomic mass is 9.99. The third kappa shape index (κ3) is 5.29. The van der Waals surface area contributed by atoms with Gasteiger partial charge in [-0.3, -0.25) is 20.0 Å². The van der Waals surface area contributed by atoms with E-state index in [0.717, 1.165) is 43.9 Å². The number of ether oxygens (including phenoxy) is 1. The van der Waals surface area contributed by atoms with Crippen LogP contribution < -0.4 is 15.4 Å². The van der Waals surface area contributed by atoms with E-state index in [2.05, 4.69) is 56.9 Å². The normalized spacial score (nSPS) is 25.6. The first-order chi connectivity index (χ1) is 15.5. The van der Waals surface area contributed by atoms with Crippen molar-refractivity contribution in [3.05, 3.63) is 59.7 Å². The highest BCUT2D eigenvalue weighted by Gasteiger charge is 2.36. The first-order valence-electron chi connectivity index (χ1n) is 11.3. The number of carbonyl (C=O) groups is 1. The maximum absolute atomic E-state index is 11.5. The van der Waals surface area contributed by atoms with Gasteiger partial charge in [0.15, 0.2) is 6.29 Å². The van der Waals surface area contributed by atoms with Crippen molar-refractivity contribution in [2.24, 2.45) is 10.9 Å². The molecule has 4 rings (SSSR count). The molecule has 1 fully saturated rings. The molecule has 0 bridgehead atoms. The van der Waals surface area contributed by atoms with Gasteiger partial charge in [0, 0.05) is 30.9 Å². The van der Waals surface area contributed by atoms with Crippen molar-refractivity contribution >= 4 is 17.9 Å². The predicted octanol–water partition coefficient (Wildman–Crippen LogP) is 3.19. The first kappa shape index (κ1) is 22.3. The van der Waals surface area contributed by atoms with Gasteiger partial charge in [0.05, 0.1) is 7.11 Å². The zero-order valence-corrected chi connectivity index (χ0v) is 18.7. The highest BCUT2D eigenvalue weighted by molar-refractivity contribution is 5.74. The summed E-state index contributed by atoms with van der Waals surface area (Å²) < 4.78 is 5.22. The number of hydrogen-bond acceptors (Lipinski definition) is 6. The summed E-state index contributed by atoms with van der Waals surface area (Å²) in [4.78, 5) is 18.2. The second-order valence-corrected chi connectivity index (χ2v) is 8.66. The van der Waals surface area contributed by atoms with E-state index in [0.29, 0.717) is 0 Å². The summed E-state index contributed by atoms with van der Waals surface area (Å²) in [5.74, 6) is 0.606. The molecule has 7 nitrogen and oxygen atoms in total. The van der Waals surface area contributed by atoms with Gasteiger partial charge in [-0.2, -0.15) is 0 Å². The molecular formula is C25H32N4O3. The fourth-order valence-corrected chi connectivity index (χ4v) is 4.55. The van der Waals surface area contributed by atoms with Gasteiger partial charge >= 0.3 is 5.97 Å². The number of aliphatic imine (C=N–C) groups is 1. The Hall–Kier alpha value is -2.90. The van der Waals surface area contributed by atoms with E-state index >= 15 is 0 Å². The van der Waals surface area contributed by atoms with Crippen LogP contribution in [0.15, 0.2) is 53.5 Å². The number of carboxylic acid groups (broad SMARTS) is 1. The number of nitrogens with zero attached hydrogens (tertiary/aromatic N) is 2. The summed E-state index contributed by atoms with van der Waals surface area (Å²) in [5, 5.41) is 16.3. The molecule has 2 unspecified atom stereocenters. The molecule has 2 aromatic rings. The lowest BCUT2D eigenvalue weighted by molar-refractivity contribution is -0.143. The Morgan fingerprint density at radius 3 is 2.59 bits per heavy atom. The van der Waals surface area contributed by atoms with E-state index in [1.165, 1.54) is 11.1 Å². The molecule has 0 aromatic heterocycles. The van der Waals surface area contributed by atoms with Gasteiger partial charge in [-0.25, -0.2) is 0 Å². The monoisotopic (exact) mass is 436 g/mol. The van der Waals surface area contributed by atoms with Crippen LogP contribution in [0.5, 0.6) is 5.75 Å². The van der Waals surface area contributed by atoms with Crippen molar-refractivity contribution in [2.45, 2.75) is 38.0 Å². The minimum atomic E-state index is -0.704. The van der Waals surface area contributed by atoms with Crippen LogP contribution >= 0.6 is 0 Å². The highest BCUT2D eigenvalue weighted by atomic mass is 16.5. The maximum atomic E-state index is 11.5. The Bertz CT molecular complexity index is 929. The van der Waals surface area contributed by atoms with Crippen molar-refractivity contribution in [1.82, 2.24) is 10.2 Å². The highest BCUT2D eigenvalue weighted by Crippen LogP contribution is 2.25. The average Bonchev–Trinajstić information content (AvgIpc) is 3.20. The smallest absolute Gasteiger partial charge is 0.321 e. The molecule has 4 atom stereocenters. The Morgan fingerprint density at radius 2 is 1.97 bits per heavy atom. The van der Waals surface area contributed by atoms with E-state index in [9.17, 15) is 9.90 Å². The van der Waals surface area contributed by atoms with Gasteiger partial charge in [-0.1, -0.05) is 31.2 Å². The van der Waals surface area contributed by atoms with Crippen molar-refractivity contribution < 1.29 is 14.6 Å². The second-order valence-electron chi connectivity index (χ2n) is 8.66. The van der Waals surface area contributed by atoms with Gasteiger partial charge in [-0.05, 0) is 60.7 Å². The summed E-state index contributed by atoms with van der Waals surface area (Å²) in [7, 11) is 1.67. The molecule has 1 saturated heterocycles. The maximum Gasteiger partial charge on any atom is 0.321 e. The van der Waals surface area contributed by atoms with E-state index in [1.807, 2.05) is 25.3 Å². The molecule has 7 heteroatoms. The number of likely N-dealkylation sites (tertiary alicyclic amines) is 1. The minimum Gasteiger partial charge on any atom is -0.497 e. The molecule has 2 aliphatic heterocycles. The Kier molecular flexibility index (Phi) is 7.07. The number of benzene rings is 2. The van der Waals surface area contributed by atoms with Gasteiger partial charge in [0.1, 0.15) is 11.8 Å². The number of aliphatic carboxylic acids is 1. The molecule has 32 heavy (non-hydrogen) atoms. The molecule has 3 N–H and O–H groups in total. The van der Waals surface area contributed by atoms with Crippen LogP contribution in [0.4, 0.5) is 5.69 Å². The molecule has 0 saturated carbocycles. The Balaban J connectivity index is 1.27. The number of anilines is 1. The van der Waals surface area contributed by atoms with Gasteiger partial charge < -0.3 is 15.2 Å². The van der Waals surface area contributed by atoms with Gasteiger partial charge in [0.25, 0.3) is 0 Å². The Morgan fingerprint density at radius 1 is 1.22 bits per heavy atom. The van der Waals surface area contributed by atoms with E-state index in [-0.39, 0.29) is 24.2 Å². The summed E-state index contributed by atoms with van der Waals surface area (Å²) >= 11 is 0. The Labute approximate surface area is 189 Å². The van der Waals surface area contributed by atoms with Crippen LogP contribution in [-0.4, -0.2) is 61.3 Å². The molecule has 0 spiro atoms. The van der Waals surface area contributed by atoms with Crippen LogP contribution in [0.2, 0.25) is 0 Å². The fraction of sp³-hybridized carbons (Fsp3) is 0.440. The molecule has 0 amide bonds. The second kappa shape index (κ2) is 10.1. The molecular weight excluding hydrogens is 404 g/mol. The summed E-state index contributed by atoms with van der Waals surface area (Å²) in [6.07, 6.45) is 3.65. The summed E-state index contributed by atoms with van der Waals surface area (Å²) in [5.41, 5.74) is 3.42. The molecule has 2 heterocycles. The van der Waals surface area contributed by atoms with Crippen LogP contribution in [0, 0.1) is 5.92 Å². The fourth-order valence-electron chi connectivity index (χ4n) is 4.55. The molecule has 0 aliphatic carbocycles. The molecule has 0 radical (unpaired) electrons. The number of rotatable bonds is 8. The molecule has 2 aromatic carbocycles. The van der Waals surface area contributed by atoms with Crippen LogP contribution in [0.3, 0.4) is 0 Å². The molecule has 2 aliphatic rings. The van der Waals surface area contributed by atoms with Crippen LogP contribution in [0.25, 0.3) is 0 Å². The van der Waals surface area contributed by atoms with Crippen molar-refractivity contribution in [3.63, 3.8) is 0 Å². The largest absolute Gasteiger partial charge is 0.497 e. The van der Waals surface area contributed by atoms with Crippen molar-refractivity contribution in [2.75, 3.05) is 32.1 Å². The first-order valence-corrected chi connectivity index (χ1v) is 11.3. The SMILES string of the molecule is COc1ccc(C2C=NC(Nc3ccc(CCN4CC[C@H](C)[C@H]4C(=O)O)cc3)NC2)cc1. The topological polar surface area (TPSA) is 86.2 Å². The zero-order chi connectivity index (χ0) is 22.5. The minimum absolute atomic E-state index is 0.155. The van der Waals surface area contributed by atoms with Gasteiger partial charge in [0.2, 0.25) is 0 Å². The van der Waals surface area contributed by atoms with Crippen molar-refractivity contribution in [1.29, 1.82) is 0 Å². The number of methoxy groups -OCH3 is 1. The average molecular weight is 437 g/mol. The van der Waals surface area contributed by atoms with Gasteiger partial charge in [-0.15, -0.1) is 0 Å². The van der Waals surface area contributed by atoms with Crippen molar-refractivity contribution in [3.8, 4) is 5.75 Å². The standard InChI is InChI=1S/C25H32N4O3/c1-17-11-13-29(23(17)24(30)31)14-12-18-3-7-21(8-4-18)28-25-26-15-20(16-27-25)19-5-9-22(32-2)10-6-19/h3-10,15,17,20,23,25,27-28H,11-14,16H2,1-2H3,(H,30,31)/t17-,20?,23-,25?/m0/s1. The third-order valence-corrected chi connectivity index (χ3v) is 6.49. The van der Waals surface area contributed by atoms with E-state index in [1.54, 1.807) is 7.11 Å². The van der Waals surface area contributed by atoms with Crippen LogP contribution in [-0.2, 0) is 11.2 Å². The van der Waals surface area contributed by atoms with E-state index < -0.39 is 5.97 Å². The number of hydrogen-bond donors (Lipinski definition) is 3. The number of carboxylic acids is 1. The quantitative estimate of drug-likeness (QED) is 0.589. The summed E-state index contributed by atoms with van der Waals surface area (Å²) in [6.45, 7) is 4.47. The molecule has 170 valence electrons.